The SMILES string of the molecule is O=C(CNc1nnc(SCc2ccccc2Cl)s1)c1ccc(Br)cc1. The lowest BCUT2D eigenvalue weighted by atomic mass is 10.1. The van der Waals surface area contributed by atoms with Crippen LogP contribution in [0, 0.1) is 0 Å². The Kier molecular flexibility index (Phi) is 6.47. The highest BCUT2D eigenvalue weighted by Crippen LogP contribution is 2.30. The number of anilines is 1. The maximum absolute atomic E-state index is 12.1. The van der Waals surface area contributed by atoms with Gasteiger partial charge in [-0.25, -0.2) is 0 Å². The normalized spacial score (nSPS) is 10.6. The third-order valence-electron chi connectivity index (χ3n) is 3.28. The topological polar surface area (TPSA) is 54.9 Å². The molecule has 2 aromatic carbocycles. The second-order valence-corrected chi connectivity index (χ2v) is 8.56. The number of carbonyl (C=O) groups is 1. The van der Waals surface area contributed by atoms with E-state index in [1.807, 2.05) is 36.4 Å². The van der Waals surface area contributed by atoms with Gasteiger partial charge in [0.2, 0.25) is 5.13 Å². The summed E-state index contributed by atoms with van der Waals surface area (Å²) in [5.41, 5.74) is 1.72. The molecule has 0 bridgehead atoms. The zero-order valence-electron chi connectivity index (χ0n) is 12.9. The summed E-state index contributed by atoms with van der Waals surface area (Å²) < 4.78 is 1.78. The zero-order chi connectivity index (χ0) is 17.6. The van der Waals surface area contributed by atoms with E-state index in [0.717, 1.165) is 25.2 Å². The average Bonchev–Trinajstić information content (AvgIpc) is 3.07. The number of hydrogen-bond donors (Lipinski definition) is 1. The summed E-state index contributed by atoms with van der Waals surface area (Å²) in [6.45, 7) is 0.186. The van der Waals surface area contributed by atoms with Crippen LogP contribution in [0.15, 0.2) is 57.3 Å². The summed E-state index contributed by atoms with van der Waals surface area (Å²) in [6, 6.07) is 15.0. The smallest absolute Gasteiger partial charge is 0.206 e. The molecule has 0 saturated heterocycles. The monoisotopic (exact) mass is 453 g/mol. The van der Waals surface area contributed by atoms with Crippen LogP contribution in [0.5, 0.6) is 0 Å². The van der Waals surface area contributed by atoms with Gasteiger partial charge in [-0.15, -0.1) is 10.2 Å². The van der Waals surface area contributed by atoms with Crippen LogP contribution in [-0.2, 0) is 5.75 Å². The minimum Gasteiger partial charge on any atom is -0.353 e. The van der Waals surface area contributed by atoms with E-state index >= 15 is 0 Å². The molecule has 0 spiro atoms. The number of rotatable bonds is 7. The molecule has 0 aliphatic heterocycles. The molecule has 0 fully saturated rings. The lowest BCUT2D eigenvalue weighted by Gasteiger charge is -2.02. The van der Waals surface area contributed by atoms with Crippen LogP contribution in [-0.4, -0.2) is 22.5 Å². The van der Waals surface area contributed by atoms with Gasteiger partial charge < -0.3 is 5.32 Å². The molecule has 0 atom stereocenters. The van der Waals surface area contributed by atoms with Crippen molar-refractivity contribution in [3.05, 3.63) is 69.2 Å². The van der Waals surface area contributed by atoms with Crippen LogP contribution < -0.4 is 5.32 Å². The number of carbonyl (C=O) groups excluding carboxylic acids is 1. The van der Waals surface area contributed by atoms with Crippen molar-refractivity contribution in [3.63, 3.8) is 0 Å². The van der Waals surface area contributed by atoms with Gasteiger partial charge in [-0.05, 0) is 23.8 Å². The molecule has 0 amide bonds. The number of hydrogen-bond acceptors (Lipinski definition) is 6. The second-order valence-electron chi connectivity index (χ2n) is 5.04. The molecule has 25 heavy (non-hydrogen) atoms. The van der Waals surface area contributed by atoms with Gasteiger partial charge in [0, 0.05) is 20.8 Å². The summed E-state index contributed by atoms with van der Waals surface area (Å²) >= 11 is 12.5. The van der Waals surface area contributed by atoms with E-state index in [4.69, 9.17) is 11.6 Å². The second kappa shape index (κ2) is 8.80. The summed E-state index contributed by atoms with van der Waals surface area (Å²) in [6.07, 6.45) is 0. The fraction of sp³-hybridized carbons (Fsp3) is 0.118. The van der Waals surface area contributed by atoms with E-state index < -0.39 is 0 Å². The molecule has 0 aliphatic carbocycles. The van der Waals surface area contributed by atoms with Crippen molar-refractivity contribution in [2.24, 2.45) is 0 Å². The van der Waals surface area contributed by atoms with Crippen molar-refractivity contribution in [2.75, 3.05) is 11.9 Å². The van der Waals surface area contributed by atoms with Crippen molar-refractivity contribution in [1.82, 2.24) is 10.2 Å². The first-order chi connectivity index (χ1) is 12.1. The summed E-state index contributed by atoms with van der Waals surface area (Å²) in [5, 5.41) is 12.6. The van der Waals surface area contributed by atoms with Crippen molar-refractivity contribution in [2.45, 2.75) is 10.1 Å². The lowest BCUT2D eigenvalue weighted by Crippen LogP contribution is -2.13. The Labute approximate surface area is 167 Å². The fourth-order valence-electron chi connectivity index (χ4n) is 1.99. The van der Waals surface area contributed by atoms with Crippen LogP contribution in [0.2, 0.25) is 5.02 Å². The van der Waals surface area contributed by atoms with Gasteiger partial charge in [0.1, 0.15) is 0 Å². The highest BCUT2D eigenvalue weighted by atomic mass is 79.9. The van der Waals surface area contributed by atoms with Crippen molar-refractivity contribution >= 4 is 61.5 Å². The number of Topliss-reactive ketones (excluding diaryl/α,β-unsaturated/α-hetero) is 1. The maximum Gasteiger partial charge on any atom is 0.206 e. The highest BCUT2D eigenvalue weighted by Gasteiger charge is 2.09. The van der Waals surface area contributed by atoms with E-state index in [1.54, 1.807) is 23.9 Å². The zero-order valence-corrected chi connectivity index (χ0v) is 16.9. The van der Waals surface area contributed by atoms with Gasteiger partial charge in [-0.1, -0.05) is 81.0 Å². The molecule has 4 nitrogen and oxygen atoms in total. The van der Waals surface area contributed by atoms with Crippen molar-refractivity contribution < 1.29 is 4.79 Å². The molecule has 3 aromatic rings. The molecule has 1 heterocycles. The van der Waals surface area contributed by atoms with Crippen molar-refractivity contribution in [3.8, 4) is 0 Å². The first kappa shape index (κ1) is 18.4. The predicted molar refractivity (Wildman–Crippen MR) is 108 cm³/mol. The molecule has 0 saturated carbocycles. The summed E-state index contributed by atoms with van der Waals surface area (Å²) in [5.74, 6) is 0.736. The molecule has 1 N–H and O–H groups in total. The minimum absolute atomic E-state index is 0.00738. The van der Waals surface area contributed by atoms with Gasteiger partial charge in [-0.3, -0.25) is 4.79 Å². The number of thioether (sulfide) groups is 1. The number of nitrogens with zero attached hydrogens (tertiary/aromatic N) is 2. The quantitative estimate of drug-likeness (QED) is 0.375. The third-order valence-corrected chi connectivity index (χ3v) is 6.24. The Morgan fingerprint density at radius 3 is 2.68 bits per heavy atom. The maximum atomic E-state index is 12.1. The summed E-state index contributed by atoms with van der Waals surface area (Å²) in [7, 11) is 0. The predicted octanol–water partition coefficient (Wildman–Crippen LogP) is 5.54. The Balaban J connectivity index is 1.52. The average molecular weight is 455 g/mol. The number of benzene rings is 2. The van der Waals surface area contributed by atoms with Gasteiger partial charge in [0.15, 0.2) is 10.1 Å². The van der Waals surface area contributed by atoms with Gasteiger partial charge in [0.05, 0.1) is 6.54 Å². The van der Waals surface area contributed by atoms with Crippen LogP contribution in [0.1, 0.15) is 15.9 Å². The largest absolute Gasteiger partial charge is 0.353 e. The van der Waals surface area contributed by atoms with Crippen molar-refractivity contribution in [1.29, 1.82) is 0 Å². The van der Waals surface area contributed by atoms with E-state index in [-0.39, 0.29) is 12.3 Å². The Bertz CT molecular complexity index is 870. The molecule has 128 valence electrons. The molecule has 3 rings (SSSR count). The highest BCUT2D eigenvalue weighted by molar-refractivity contribution is 9.10. The van der Waals surface area contributed by atoms with E-state index in [2.05, 4.69) is 31.4 Å². The third kappa shape index (κ3) is 5.28. The fourth-order valence-corrected chi connectivity index (χ4v) is 4.29. The van der Waals surface area contributed by atoms with E-state index in [9.17, 15) is 4.79 Å². The van der Waals surface area contributed by atoms with E-state index in [1.165, 1.54) is 11.3 Å². The van der Waals surface area contributed by atoms with E-state index in [0.29, 0.717) is 10.7 Å². The molecular formula is C17H13BrClN3OS2. The molecule has 0 unspecified atom stereocenters. The number of aromatic nitrogens is 2. The van der Waals surface area contributed by atoms with Crippen LogP contribution in [0.4, 0.5) is 5.13 Å². The Morgan fingerprint density at radius 2 is 1.92 bits per heavy atom. The number of nitrogens with one attached hydrogen (secondary N) is 1. The van der Waals surface area contributed by atoms with Crippen LogP contribution in [0.25, 0.3) is 0 Å². The van der Waals surface area contributed by atoms with Gasteiger partial charge in [-0.2, -0.15) is 0 Å². The number of halogens is 2. The molecular weight excluding hydrogens is 442 g/mol. The van der Waals surface area contributed by atoms with Gasteiger partial charge >= 0.3 is 0 Å². The minimum atomic E-state index is 0.00738. The lowest BCUT2D eigenvalue weighted by molar-refractivity contribution is 0.101. The number of ketones is 1. The standard InChI is InChI=1S/C17H13BrClN3OS2/c18-13-7-5-11(6-8-13)15(23)9-20-16-21-22-17(25-16)24-10-12-3-1-2-4-14(12)19/h1-8H,9-10H2,(H,20,21). The molecule has 8 heteroatoms. The van der Waals surface area contributed by atoms with Gasteiger partial charge in [0.25, 0.3) is 0 Å². The summed E-state index contributed by atoms with van der Waals surface area (Å²) in [4.78, 5) is 12.1. The van der Waals surface area contributed by atoms with Crippen LogP contribution in [0.3, 0.4) is 0 Å². The molecule has 0 radical (unpaired) electrons. The Morgan fingerprint density at radius 1 is 1.16 bits per heavy atom. The first-order valence-electron chi connectivity index (χ1n) is 7.34. The Hall–Kier alpha value is -1.41. The molecule has 0 aliphatic rings. The first-order valence-corrected chi connectivity index (χ1v) is 10.3. The van der Waals surface area contributed by atoms with Crippen LogP contribution >= 0.6 is 50.6 Å². The molecule has 1 aromatic heterocycles.